The Bertz CT molecular complexity index is 1180. The molecule has 3 aromatic rings. The molecule has 1 aliphatic rings. The van der Waals surface area contributed by atoms with E-state index in [2.05, 4.69) is 29.8 Å². The Morgan fingerprint density at radius 2 is 1.82 bits per heavy atom. The van der Waals surface area contributed by atoms with E-state index in [0.29, 0.717) is 29.7 Å². The molecule has 1 aromatic heterocycles. The first-order valence-electron chi connectivity index (χ1n) is 12.6. The van der Waals surface area contributed by atoms with Crippen LogP contribution in [0.25, 0.3) is 16.6 Å². The van der Waals surface area contributed by atoms with Crippen LogP contribution in [0.15, 0.2) is 57.8 Å². The number of benzene rings is 2. The number of carbonyl (C=O) groups excluding carboxylic acids is 1. The fourth-order valence-electron chi connectivity index (χ4n) is 4.77. The van der Waals surface area contributed by atoms with Gasteiger partial charge in [-0.15, -0.1) is 0 Å². The zero-order valence-corrected chi connectivity index (χ0v) is 21.8. The minimum absolute atomic E-state index is 0.0941. The van der Waals surface area contributed by atoms with Crippen molar-refractivity contribution >= 4 is 32.7 Å². The Kier molecular flexibility index (Phi) is 8.19. The lowest BCUT2D eigenvalue weighted by molar-refractivity contribution is -0.141. The molecule has 0 aliphatic heterocycles. The van der Waals surface area contributed by atoms with Gasteiger partial charge in [0.25, 0.3) is 5.56 Å². The van der Waals surface area contributed by atoms with Crippen LogP contribution in [0.4, 0.5) is 0 Å². The number of amides is 1. The number of para-hydroxylation sites is 1. The third-order valence-corrected chi connectivity index (χ3v) is 7.47. The molecule has 2 aromatic carbocycles. The predicted molar refractivity (Wildman–Crippen MR) is 141 cm³/mol. The van der Waals surface area contributed by atoms with Gasteiger partial charge in [-0.1, -0.05) is 67.6 Å². The quantitative estimate of drug-likeness (QED) is 0.274. The molecule has 180 valence electrons. The first-order valence-corrected chi connectivity index (χ1v) is 13.4. The van der Waals surface area contributed by atoms with E-state index in [9.17, 15) is 9.59 Å². The lowest BCUT2D eigenvalue weighted by Crippen LogP contribution is -2.43. The number of nitrogens with zero attached hydrogens (tertiary/aromatic N) is 3. The molecule has 1 heterocycles. The average Bonchev–Trinajstić information content (AvgIpc) is 2.81. The highest BCUT2D eigenvalue weighted by Gasteiger charge is 2.35. The van der Waals surface area contributed by atoms with Crippen LogP contribution in [-0.2, 0) is 4.79 Å². The van der Waals surface area contributed by atoms with E-state index in [0.717, 1.165) is 48.7 Å². The smallest absolute Gasteiger partial charge is 0.266 e. The van der Waals surface area contributed by atoms with Gasteiger partial charge in [-0.3, -0.25) is 14.2 Å². The number of fused-ring (bicyclic) bond motifs is 1. The second-order valence-corrected chi connectivity index (χ2v) is 10.2. The first-order chi connectivity index (χ1) is 16.5. The number of aromatic nitrogens is 2. The number of hydrogen-bond acceptors (Lipinski definition) is 3. The topological polar surface area (TPSA) is 55.2 Å². The van der Waals surface area contributed by atoms with Crippen LogP contribution in [0.1, 0.15) is 77.1 Å². The molecular formula is C28H34BrN3O2. The minimum Gasteiger partial charge on any atom is -0.332 e. The zero-order chi connectivity index (χ0) is 24.1. The van der Waals surface area contributed by atoms with Gasteiger partial charge in [-0.05, 0) is 62.1 Å². The van der Waals surface area contributed by atoms with Crippen LogP contribution in [0, 0.1) is 5.92 Å². The van der Waals surface area contributed by atoms with E-state index < -0.39 is 0 Å². The normalized spacial score (nSPS) is 14.7. The van der Waals surface area contributed by atoms with E-state index in [1.54, 1.807) is 4.57 Å². The molecule has 0 N–H and O–H groups in total. The minimum atomic E-state index is -0.254. The maximum absolute atomic E-state index is 13.8. The molecule has 1 fully saturated rings. The number of rotatable bonds is 10. The highest BCUT2D eigenvalue weighted by Crippen LogP contribution is 2.34. The van der Waals surface area contributed by atoms with Gasteiger partial charge in [0.15, 0.2) is 0 Å². The maximum Gasteiger partial charge on any atom is 0.266 e. The highest BCUT2D eigenvalue weighted by atomic mass is 79.9. The van der Waals surface area contributed by atoms with Gasteiger partial charge in [0, 0.05) is 16.9 Å². The summed E-state index contributed by atoms with van der Waals surface area (Å²) in [6.07, 6.45) is 8.15. The van der Waals surface area contributed by atoms with Crippen molar-refractivity contribution in [1.82, 2.24) is 14.5 Å². The molecule has 0 spiro atoms. The van der Waals surface area contributed by atoms with Crippen molar-refractivity contribution in [3.8, 4) is 5.69 Å². The van der Waals surface area contributed by atoms with Crippen LogP contribution in [-0.4, -0.2) is 26.9 Å². The summed E-state index contributed by atoms with van der Waals surface area (Å²) in [6, 6.07) is 15.0. The first kappa shape index (κ1) is 24.6. The molecule has 0 radical (unpaired) electrons. The van der Waals surface area contributed by atoms with Gasteiger partial charge in [0.1, 0.15) is 5.82 Å². The highest BCUT2D eigenvalue weighted by molar-refractivity contribution is 9.10. The van der Waals surface area contributed by atoms with Crippen molar-refractivity contribution in [2.24, 2.45) is 5.92 Å². The summed E-state index contributed by atoms with van der Waals surface area (Å²) in [5.41, 5.74) is 1.35. The number of hydrogen-bond donors (Lipinski definition) is 0. The fourth-order valence-corrected chi connectivity index (χ4v) is 5.04. The standard InChI is InChI=1S/C28H34BrN3O2/c1-3-5-6-9-19-31(27(33)20-11-10-12-20)25(4-2)26-30-24-14-8-7-13-23(24)28(34)32(26)22-17-15-21(29)16-18-22/h7-8,13-18,20,25H,3-6,9-12,19H2,1-2H3. The summed E-state index contributed by atoms with van der Waals surface area (Å²) in [5, 5.41) is 0.587. The third-order valence-electron chi connectivity index (χ3n) is 6.94. The van der Waals surface area contributed by atoms with E-state index in [1.807, 2.05) is 53.4 Å². The molecule has 1 saturated carbocycles. The summed E-state index contributed by atoms with van der Waals surface area (Å²) in [5.74, 6) is 0.976. The maximum atomic E-state index is 13.8. The van der Waals surface area contributed by atoms with Gasteiger partial charge in [-0.2, -0.15) is 0 Å². The summed E-state index contributed by atoms with van der Waals surface area (Å²) in [6.45, 7) is 4.99. The summed E-state index contributed by atoms with van der Waals surface area (Å²) in [7, 11) is 0. The largest absolute Gasteiger partial charge is 0.332 e. The molecule has 0 bridgehead atoms. The van der Waals surface area contributed by atoms with Crippen LogP contribution < -0.4 is 5.56 Å². The molecule has 5 nitrogen and oxygen atoms in total. The van der Waals surface area contributed by atoms with Crippen molar-refractivity contribution in [2.45, 2.75) is 71.3 Å². The second kappa shape index (κ2) is 11.3. The van der Waals surface area contributed by atoms with Crippen molar-refractivity contribution in [1.29, 1.82) is 0 Å². The number of carbonyl (C=O) groups is 1. The van der Waals surface area contributed by atoms with E-state index in [-0.39, 0.29) is 23.4 Å². The molecule has 34 heavy (non-hydrogen) atoms. The molecule has 4 rings (SSSR count). The Hall–Kier alpha value is -2.47. The van der Waals surface area contributed by atoms with E-state index in [4.69, 9.17) is 4.98 Å². The van der Waals surface area contributed by atoms with E-state index in [1.165, 1.54) is 6.42 Å². The Labute approximate surface area is 210 Å². The van der Waals surface area contributed by atoms with Crippen LogP contribution in [0.3, 0.4) is 0 Å². The molecule has 1 atom stereocenters. The van der Waals surface area contributed by atoms with Gasteiger partial charge >= 0.3 is 0 Å². The molecule has 1 unspecified atom stereocenters. The van der Waals surface area contributed by atoms with Crippen molar-refractivity contribution in [2.75, 3.05) is 6.54 Å². The van der Waals surface area contributed by atoms with Gasteiger partial charge in [0.05, 0.1) is 22.6 Å². The summed E-state index contributed by atoms with van der Waals surface area (Å²) in [4.78, 5) is 34.4. The van der Waals surface area contributed by atoms with E-state index >= 15 is 0 Å². The van der Waals surface area contributed by atoms with Crippen LogP contribution in [0.2, 0.25) is 0 Å². The van der Waals surface area contributed by atoms with Crippen LogP contribution >= 0.6 is 15.9 Å². The summed E-state index contributed by atoms with van der Waals surface area (Å²) < 4.78 is 2.67. The van der Waals surface area contributed by atoms with Gasteiger partial charge in [0.2, 0.25) is 5.91 Å². The monoisotopic (exact) mass is 523 g/mol. The molecule has 1 aliphatic carbocycles. The fraction of sp³-hybridized carbons (Fsp3) is 0.464. The van der Waals surface area contributed by atoms with Gasteiger partial charge < -0.3 is 4.90 Å². The molecular weight excluding hydrogens is 490 g/mol. The molecule has 6 heteroatoms. The molecule has 0 saturated heterocycles. The SMILES string of the molecule is CCCCCCN(C(=O)C1CCC1)C(CC)c1nc2ccccc2c(=O)n1-c1ccc(Br)cc1. The average molecular weight is 525 g/mol. The Morgan fingerprint density at radius 3 is 2.47 bits per heavy atom. The zero-order valence-electron chi connectivity index (χ0n) is 20.2. The second-order valence-electron chi connectivity index (χ2n) is 9.25. The van der Waals surface area contributed by atoms with Crippen LogP contribution in [0.5, 0.6) is 0 Å². The number of unbranched alkanes of at least 4 members (excludes halogenated alkanes) is 3. The van der Waals surface area contributed by atoms with Crippen molar-refractivity contribution < 1.29 is 4.79 Å². The van der Waals surface area contributed by atoms with Crippen molar-refractivity contribution in [3.05, 3.63) is 69.2 Å². The molecule has 1 amide bonds. The lowest BCUT2D eigenvalue weighted by atomic mass is 9.84. The van der Waals surface area contributed by atoms with Gasteiger partial charge in [-0.25, -0.2) is 4.98 Å². The van der Waals surface area contributed by atoms with Crippen molar-refractivity contribution in [3.63, 3.8) is 0 Å². The Morgan fingerprint density at radius 1 is 1.09 bits per heavy atom. The predicted octanol–water partition coefficient (Wildman–Crippen LogP) is 6.81. The summed E-state index contributed by atoms with van der Waals surface area (Å²) >= 11 is 3.50. The number of halogens is 1. The Balaban J connectivity index is 1.84. The lowest BCUT2D eigenvalue weighted by Gasteiger charge is -2.37. The third kappa shape index (κ3) is 5.12.